The summed E-state index contributed by atoms with van der Waals surface area (Å²) in [5, 5.41) is 0. The van der Waals surface area contributed by atoms with E-state index in [1.807, 2.05) is 7.11 Å². The molecule has 3 aliphatic rings. The Balaban J connectivity index is 1.62. The van der Waals surface area contributed by atoms with Gasteiger partial charge in [0.05, 0.1) is 6.10 Å². The van der Waals surface area contributed by atoms with Crippen LogP contribution in [-0.2, 0) is 4.74 Å². The molecule has 0 spiro atoms. The van der Waals surface area contributed by atoms with E-state index in [1.54, 1.807) is 0 Å². The van der Waals surface area contributed by atoms with E-state index in [9.17, 15) is 0 Å². The average molecular weight is 252 g/mol. The Kier molecular flexibility index (Phi) is 3.65. The highest BCUT2D eigenvalue weighted by Crippen LogP contribution is 2.44. The van der Waals surface area contributed by atoms with Gasteiger partial charge >= 0.3 is 0 Å². The van der Waals surface area contributed by atoms with Crippen LogP contribution in [0.1, 0.15) is 44.9 Å². The molecule has 2 N–H and O–H groups in total. The summed E-state index contributed by atoms with van der Waals surface area (Å²) in [5.74, 6) is 1.97. The highest BCUT2D eigenvalue weighted by Gasteiger charge is 2.49. The SMILES string of the molecule is COC1CC(CN)(N2CCC3CCCCC3C2)C1. The molecule has 3 fully saturated rings. The molecule has 2 aliphatic carbocycles. The van der Waals surface area contributed by atoms with Crippen molar-refractivity contribution >= 4 is 0 Å². The summed E-state index contributed by atoms with van der Waals surface area (Å²) in [5.41, 5.74) is 6.37. The predicted octanol–water partition coefficient (Wildman–Crippen LogP) is 2.00. The summed E-state index contributed by atoms with van der Waals surface area (Å²) >= 11 is 0. The maximum Gasteiger partial charge on any atom is 0.0607 e. The van der Waals surface area contributed by atoms with Crippen molar-refractivity contribution in [2.45, 2.75) is 56.6 Å². The molecule has 0 radical (unpaired) electrons. The van der Waals surface area contributed by atoms with E-state index in [-0.39, 0.29) is 5.54 Å². The van der Waals surface area contributed by atoms with Gasteiger partial charge in [0.1, 0.15) is 0 Å². The zero-order chi connectivity index (χ0) is 12.6. The Labute approximate surface area is 111 Å². The molecule has 3 heteroatoms. The first kappa shape index (κ1) is 12.9. The highest BCUT2D eigenvalue weighted by molar-refractivity contribution is 5.06. The van der Waals surface area contributed by atoms with E-state index in [0.29, 0.717) is 6.10 Å². The third-order valence-corrected chi connectivity index (χ3v) is 5.89. The molecule has 1 aliphatic heterocycles. The lowest BCUT2D eigenvalue weighted by Gasteiger charge is -2.57. The zero-order valence-electron chi connectivity index (χ0n) is 11.7. The van der Waals surface area contributed by atoms with Crippen molar-refractivity contribution < 1.29 is 4.74 Å². The van der Waals surface area contributed by atoms with Gasteiger partial charge in [0.15, 0.2) is 0 Å². The van der Waals surface area contributed by atoms with Crippen molar-refractivity contribution in [2.24, 2.45) is 17.6 Å². The van der Waals surface area contributed by atoms with E-state index >= 15 is 0 Å². The fraction of sp³-hybridized carbons (Fsp3) is 1.00. The second-order valence-corrected chi connectivity index (χ2v) is 6.73. The van der Waals surface area contributed by atoms with Gasteiger partial charge in [0.25, 0.3) is 0 Å². The minimum Gasteiger partial charge on any atom is -0.381 e. The number of nitrogens with two attached hydrogens (primary N) is 1. The van der Waals surface area contributed by atoms with Crippen LogP contribution in [0.5, 0.6) is 0 Å². The van der Waals surface area contributed by atoms with Gasteiger partial charge in [0, 0.05) is 25.7 Å². The quantitative estimate of drug-likeness (QED) is 0.835. The minimum absolute atomic E-state index is 0.281. The lowest BCUT2D eigenvalue weighted by molar-refractivity contribution is -0.108. The fourth-order valence-electron chi connectivity index (χ4n) is 4.54. The molecule has 104 valence electrons. The normalized spacial score (nSPS) is 45.3. The van der Waals surface area contributed by atoms with E-state index in [0.717, 1.165) is 31.2 Å². The maximum absolute atomic E-state index is 6.09. The van der Waals surface area contributed by atoms with Crippen molar-refractivity contribution in [1.82, 2.24) is 4.90 Å². The van der Waals surface area contributed by atoms with Crippen LogP contribution in [0, 0.1) is 11.8 Å². The molecule has 2 atom stereocenters. The summed E-state index contributed by atoms with van der Waals surface area (Å²) in [6.07, 6.45) is 10.0. The van der Waals surface area contributed by atoms with Crippen molar-refractivity contribution in [3.05, 3.63) is 0 Å². The number of rotatable bonds is 3. The van der Waals surface area contributed by atoms with Crippen molar-refractivity contribution in [3.8, 4) is 0 Å². The number of likely N-dealkylation sites (tertiary alicyclic amines) is 1. The lowest BCUT2D eigenvalue weighted by Crippen LogP contribution is -2.66. The highest BCUT2D eigenvalue weighted by atomic mass is 16.5. The summed E-state index contributed by atoms with van der Waals surface area (Å²) < 4.78 is 5.46. The molecule has 3 rings (SSSR count). The maximum atomic E-state index is 6.09. The standard InChI is InChI=1S/C15H28N2O/c1-18-14-8-15(9-14,11-16)17-7-6-12-4-2-3-5-13(12)10-17/h12-14H,2-11,16H2,1H3. The molecule has 2 saturated carbocycles. The van der Waals surface area contributed by atoms with Gasteiger partial charge in [-0.3, -0.25) is 4.90 Å². The number of ether oxygens (including phenoxy) is 1. The van der Waals surface area contributed by atoms with Crippen LogP contribution in [0.25, 0.3) is 0 Å². The zero-order valence-corrected chi connectivity index (χ0v) is 11.7. The molecule has 3 nitrogen and oxygen atoms in total. The predicted molar refractivity (Wildman–Crippen MR) is 73.5 cm³/mol. The number of hydrogen-bond acceptors (Lipinski definition) is 3. The van der Waals surface area contributed by atoms with E-state index in [4.69, 9.17) is 10.5 Å². The second kappa shape index (κ2) is 5.10. The third kappa shape index (κ3) is 2.10. The van der Waals surface area contributed by atoms with Crippen molar-refractivity contribution in [1.29, 1.82) is 0 Å². The first-order valence-electron chi connectivity index (χ1n) is 7.75. The molecule has 0 aromatic heterocycles. The smallest absolute Gasteiger partial charge is 0.0607 e. The van der Waals surface area contributed by atoms with Crippen LogP contribution in [0.3, 0.4) is 0 Å². The molecule has 0 aromatic carbocycles. The monoisotopic (exact) mass is 252 g/mol. The van der Waals surface area contributed by atoms with Crippen LogP contribution in [0.15, 0.2) is 0 Å². The Morgan fingerprint density at radius 1 is 1.17 bits per heavy atom. The van der Waals surface area contributed by atoms with Gasteiger partial charge in [-0.1, -0.05) is 19.3 Å². The summed E-state index contributed by atoms with van der Waals surface area (Å²) in [6, 6.07) is 0. The van der Waals surface area contributed by atoms with E-state index < -0.39 is 0 Å². The molecule has 0 bridgehead atoms. The molecule has 0 amide bonds. The largest absolute Gasteiger partial charge is 0.381 e. The van der Waals surface area contributed by atoms with E-state index in [2.05, 4.69) is 4.90 Å². The molecular formula is C15H28N2O. The van der Waals surface area contributed by atoms with Crippen molar-refractivity contribution in [3.63, 3.8) is 0 Å². The first-order chi connectivity index (χ1) is 8.77. The number of nitrogens with zero attached hydrogens (tertiary/aromatic N) is 1. The van der Waals surface area contributed by atoms with Crippen LogP contribution in [0.2, 0.25) is 0 Å². The van der Waals surface area contributed by atoms with Crippen molar-refractivity contribution in [2.75, 3.05) is 26.7 Å². The second-order valence-electron chi connectivity index (χ2n) is 6.73. The molecule has 18 heavy (non-hydrogen) atoms. The molecule has 1 saturated heterocycles. The Morgan fingerprint density at radius 2 is 1.89 bits per heavy atom. The molecule has 1 heterocycles. The van der Waals surface area contributed by atoms with Gasteiger partial charge in [-0.15, -0.1) is 0 Å². The van der Waals surface area contributed by atoms with Crippen LogP contribution >= 0.6 is 0 Å². The number of methoxy groups -OCH3 is 1. The molecule has 0 aromatic rings. The summed E-state index contributed by atoms with van der Waals surface area (Å²) in [6.45, 7) is 3.39. The van der Waals surface area contributed by atoms with Gasteiger partial charge in [-0.05, 0) is 44.1 Å². The van der Waals surface area contributed by atoms with Gasteiger partial charge in [0.2, 0.25) is 0 Å². The van der Waals surface area contributed by atoms with Gasteiger partial charge < -0.3 is 10.5 Å². The topological polar surface area (TPSA) is 38.5 Å². The Bertz CT molecular complexity index is 288. The van der Waals surface area contributed by atoms with Crippen LogP contribution in [-0.4, -0.2) is 43.3 Å². The summed E-state index contributed by atoms with van der Waals surface area (Å²) in [4.78, 5) is 2.72. The minimum atomic E-state index is 0.281. The van der Waals surface area contributed by atoms with Crippen LogP contribution in [0.4, 0.5) is 0 Å². The lowest BCUT2D eigenvalue weighted by atomic mass is 9.68. The summed E-state index contributed by atoms with van der Waals surface area (Å²) in [7, 11) is 1.83. The van der Waals surface area contributed by atoms with E-state index in [1.165, 1.54) is 45.2 Å². The number of piperidine rings is 1. The number of hydrogen-bond donors (Lipinski definition) is 1. The van der Waals surface area contributed by atoms with Gasteiger partial charge in [-0.25, -0.2) is 0 Å². The third-order valence-electron chi connectivity index (χ3n) is 5.89. The van der Waals surface area contributed by atoms with Crippen LogP contribution < -0.4 is 5.73 Å². The first-order valence-corrected chi connectivity index (χ1v) is 7.75. The number of fused-ring (bicyclic) bond motifs is 1. The fourth-order valence-corrected chi connectivity index (χ4v) is 4.54. The molecular weight excluding hydrogens is 224 g/mol. The van der Waals surface area contributed by atoms with Gasteiger partial charge in [-0.2, -0.15) is 0 Å². The average Bonchev–Trinajstić information content (AvgIpc) is 2.38. The Hall–Kier alpha value is -0.120. The Morgan fingerprint density at radius 3 is 2.56 bits per heavy atom. The molecule has 2 unspecified atom stereocenters.